The lowest BCUT2D eigenvalue weighted by molar-refractivity contribution is -0.127. The first-order valence-corrected chi connectivity index (χ1v) is 12.0. The Hall–Kier alpha value is -3.66. The number of carbonyl (C=O) groups excluding carboxylic acids is 3. The van der Waals surface area contributed by atoms with Crippen molar-refractivity contribution >= 4 is 40.6 Å². The number of benzene rings is 2. The second-order valence-corrected chi connectivity index (χ2v) is 8.91. The van der Waals surface area contributed by atoms with Gasteiger partial charge >= 0.3 is 0 Å². The number of amides is 3. The number of nitrogens with zero attached hydrogens (tertiary/aromatic N) is 1. The predicted molar refractivity (Wildman–Crippen MR) is 132 cm³/mol. The number of hydrogen-bond acceptors (Lipinski definition) is 8. The lowest BCUT2D eigenvalue weighted by Crippen LogP contribution is -2.36. The highest BCUT2D eigenvalue weighted by molar-refractivity contribution is 8.18. The van der Waals surface area contributed by atoms with Gasteiger partial charge in [-0.15, -0.1) is 0 Å². The van der Waals surface area contributed by atoms with Gasteiger partial charge in [0.1, 0.15) is 19.8 Å². The van der Waals surface area contributed by atoms with E-state index in [2.05, 4.69) is 5.32 Å². The van der Waals surface area contributed by atoms with Crippen LogP contribution in [0.1, 0.15) is 25.8 Å². The lowest BCUT2D eigenvalue weighted by atomic mass is 10.1. The van der Waals surface area contributed by atoms with Gasteiger partial charge in [-0.1, -0.05) is 13.0 Å². The third-order valence-electron chi connectivity index (χ3n) is 5.39. The third-order valence-corrected chi connectivity index (χ3v) is 6.30. The Morgan fingerprint density at radius 3 is 2.66 bits per heavy atom. The van der Waals surface area contributed by atoms with Gasteiger partial charge in [-0.05, 0) is 61.0 Å². The van der Waals surface area contributed by atoms with E-state index in [0.29, 0.717) is 47.5 Å². The fraction of sp³-hybridized carbons (Fsp3) is 0.320. The first-order chi connectivity index (χ1) is 16.9. The van der Waals surface area contributed by atoms with Gasteiger partial charge in [-0.3, -0.25) is 19.3 Å². The van der Waals surface area contributed by atoms with Crippen molar-refractivity contribution in [1.29, 1.82) is 0 Å². The van der Waals surface area contributed by atoms with E-state index in [4.69, 9.17) is 18.9 Å². The molecule has 9 nitrogen and oxygen atoms in total. The summed E-state index contributed by atoms with van der Waals surface area (Å²) in [6.45, 7) is 4.48. The zero-order valence-electron chi connectivity index (χ0n) is 19.7. The number of thioether (sulfide) groups is 1. The molecule has 184 valence electrons. The van der Waals surface area contributed by atoms with E-state index in [1.807, 2.05) is 13.8 Å². The minimum Gasteiger partial charge on any atom is -0.493 e. The summed E-state index contributed by atoms with van der Waals surface area (Å²) in [7, 11) is 1.54. The molecule has 0 aromatic heterocycles. The molecule has 1 N–H and O–H groups in total. The number of hydrogen-bond donors (Lipinski definition) is 1. The Labute approximate surface area is 207 Å². The van der Waals surface area contributed by atoms with Crippen LogP contribution in [0.4, 0.5) is 10.5 Å². The van der Waals surface area contributed by atoms with Gasteiger partial charge in [0.05, 0.1) is 18.1 Å². The molecule has 35 heavy (non-hydrogen) atoms. The molecular weight excluding hydrogens is 472 g/mol. The van der Waals surface area contributed by atoms with Gasteiger partial charge < -0.3 is 24.3 Å². The molecule has 2 heterocycles. The summed E-state index contributed by atoms with van der Waals surface area (Å²) < 4.78 is 22.2. The van der Waals surface area contributed by atoms with Crippen molar-refractivity contribution in [3.63, 3.8) is 0 Å². The van der Waals surface area contributed by atoms with E-state index in [-0.39, 0.29) is 11.0 Å². The van der Waals surface area contributed by atoms with E-state index >= 15 is 0 Å². The van der Waals surface area contributed by atoms with Crippen molar-refractivity contribution in [2.45, 2.75) is 26.4 Å². The van der Waals surface area contributed by atoms with Crippen molar-refractivity contribution in [3.05, 3.63) is 46.9 Å². The molecule has 2 aliphatic heterocycles. The highest BCUT2D eigenvalue weighted by Gasteiger charge is 2.36. The molecular formula is C25H26N2O7S. The summed E-state index contributed by atoms with van der Waals surface area (Å²) >= 11 is 0.785. The maximum atomic E-state index is 12.8. The molecule has 1 atom stereocenters. The zero-order valence-corrected chi connectivity index (χ0v) is 20.5. The van der Waals surface area contributed by atoms with Gasteiger partial charge in [0, 0.05) is 11.8 Å². The molecule has 0 bridgehead atoms. The van der Waals surface area contributed by atoms with Crippen molar-refractivity contribution in [3.8, 4) is 23.0 Å². The fourth-order valence-electron chi connectivity index (χ4n) is 3.42. The number of carbonyl (C=O) groups is 3. The number of fused-ring (bicyclic) bond motifs is 1. The SMILES string of the molecule is CC[C@@H](C)Oc1ccc(/C=C2\SC(=O)N(CC(=O)Nc3ccc4c(c3)OCCO4)C2=O)cc1OC. The van der Waals surface area contributed by atoms with Crippen LogP contribution in [0.25, 0.3) is 6.08 Å². The first-order valence-electron chi connectivity index (χ1n) is 11.2. The Morgan fingerprint density at radius 2 is 1.91 bits per heavy atom. The van der Waals surface area contributed by atoms with Crippen LogP contribution in [0.3, 0.4) is 0 Å². The van der Waals surface area contributed by atoms with Crippen LogP contribution in [0.5, 0.6) is 23.0 Å². The van der Waals surface area contributed by atoms with E-state index in [9.17, 15) is 14.4 Å². The molecule has 0 saturated carbocycles. The predicted octanol–water partition coefficient (Wildman–Crippen LogP) is 4.32. The molecule has 2 aliphatic rings. The van der Waals surface area contributed by atoms with Crippen LogP contribution < -0.4 is 24.3 Å². The minimum atomic E-state index is -0.531. The van der Waals surface area contributed by atoms with Gasteiger partial charge in [-0.2, -0.15) is 0 Å². The lowest BCUT2D eigenvalue weighted by Gasteiger charge is -2.19. The van der Waals surface area contributed by atoms with Gasteiger partial charge in [0.15, 0.2) is 23.0 Å². The van der Waals surface area contributed by atoms with E-state index < -0.39 is 23.6 Å². The molecule has 10 heteroatoms. The van der Waals surface area contributed by atoms with Crippen molar-refractivity contribution in [1.82, 2.24) is 4.90 Å². The average molecular weight is 499 g/mol. The van der Waals surface area contributed by atoms with Crippen LogP contribution in [-0.2, 0) is 9.59 Å². The Balaban J connectivity index is 1.43. The maximum absolute atomic E-state index is 12.8. The second kappa shape index (κ2) is 10.7. The second-order valence-electron chi connectivity index (χ2n) is 7.92. The fourth-order valence-corrected chi connectivity index (χ4v) is 4.26. The number of anilines is 1. The number of nitrogens with one attached hydrogen (secondary N) is 1. The topological polar surface area (TPSA) is 103 Å². The van der Waals surface area contributed by atoms with E-state index in [1.165, 1.54) is 7.11 Å². The third kappa shape index (κ3) is 5.71. The van der Waals surface area contributed by atoms with Crippen molar-refractivity contribution < 1.29 is 33.3 Å². The molecule has 0 unspecified atom stereocenters. The number of rotatable bonds is 8. The smallest absolute Gasteiger partial charge is 0.294 e. The van der Waals surface area contributed by atoms with Gasteiger partial charge in [0.25, 0.3) is 11.1 Å². The van der Waals surface area contributed by atoms with Crippen LogP contribution >= 0.6 is 11.8 Å². The Kier molecular flexibility index (Phi) is 7.50. The molecule has 1 fully saturated rings. The minimum absolute atomic E-state index is 0.0274. The molecule has 0 radical (unpaired) electrons. The number of imide groups is 1. The number of ether oxygens (including phenoxy) is 4. The van der Waals surface area contributed by atoms with Gasteiger partial charge in [0.2, 0.25) is 5.91 Å². The van der Waals surface area contributed by atoms with Crippen molar-refractivity contribution in [2.24, 2.45) is 0 Å². The summed E-state index contributed by atoms with van der Waals surface area (Å²) in [6.07, 6.45) is 2.47. The summed E-state index contributed by atoms with van der Waals surface area (Å²) in [4.78, 5) is 39.0. The van der Waals surface area contributed by atoms with Crippen molar-refractivity contribution in [2.75, 3.05) is 32.2 Å². The summed E-state index contributed by atoms with van der Waals surface area (Å²) in [5.41, 5.74) is 1.15. The standard InChI is InChI=1S/C25H26N2O7S/c1-4-15(2)34-19-7-5-16(11-20(19)31-3)12-22-24(29)27(25(30)35-22)14-23(28)26-17-6-8-18-21(13-17)33-10-9-32-18/h5-8,11-13,15H,4,9-10,14H2,1-3H3,(H,26,28)/b22-12-/t15-/m1/s1. The summed E-state index contributed by atoms with van der Waals surface area (Å²) in [6, 6.07) is 10.3. The molecule has 3 amide bonds. The van der Waals surface area contributed by atoms with Crippen LogP contribution in [0, 0.1) is 0 Å². The summed E-state index contributed by atoms with van der Waals surface area (Å²) in [5, 5.41) is 2.17. The monoisotopic (exact) mass is 498 g/mol. The van der Waals surface area contributed by atoms with Crippen LogP contribution in [0.2, 0.25) is 0 Å². The normalized spacial score (nSPS) is 16.9. The van der Waals surface area contributed by atoms with Crippen LogP contribution in [0.15, 0.2) is 41.3 Å². The summed E-state index contributed by atoms with van der Waals surface area (Å²) in [5.74, 6) is 1.22. The molecule has 1 saturated heterocycles. The van der Waals surface area contributed by atoms with Gasteiger partial charge in [-0.25, -0.2) is 0 Å². The number of methoxy groups -OCH3 is 1. The Bertz CT molecular complexity index is 1180. The highest BCUT2D eigenvalue weighted by atomic mass is 32.2. The maximum Gasteiger partial charge on any atom is 0.294 e. The first kappa shape index (κ1) is 24.5. The average Bonchev–Trinajstić information content (AvgIpc) is 3.11. The molecule has 4 rings (SSSR count). The quantitative estimate of drug-likeness (QED) is 0.537. The Morgan fingerprint density at radius 1 is 1.14 bits per heavy atom. The molecule has 2 aromatic rings. The highest BCUT2D eigenvalue weighted by Crippen LogP contribution is 2.35. The van der Waals surface area contributed by atoms with Crippen LogP contribution in [-0.4, -0.2) is 54.9 Å². The molecule has 0 spiro atoms. The largest absolute Gasteiger partial charge is 0.493 e. The molecule has 2 aromatic carbocycles. The molecule has 0 aliphatic carbocycles. The zero-order chi connectivity index (χ0) is 24.9. The van der Waals surface area contributed by atoms with E-state index in [1.54, 1.807) is 42.5 Å². The van der Waals surface area contributed by atoms with E-state index in [0.717, 1.165) is 23.1 Å².